The zero-order valence-electron chi connectivity index (χ0n) is 19.3. The van der Waals surface area contributed by atoms with E-state index in [1.807, 2.05) is 6.92 Å². The summed E-state index contributed by atoms with van der Waals surface area (Å²) in [4.78, 5) is 33.1. The third-order valence-corrected chi connectivity index (χ3v) is 5.69. The number of amides is 2. The maximum Gasteiger partial charge on any atom is 0.490 e. The lowest BCUT2D eigenvalue weighted by Crippen LogP contribution is -2.46. The van der Waals surface area contributed by atoms with E-state index in [9.17, 15) is 31.5 Å². The van der Waals surface area contributed by atoms with E-state index in [1.165, 1.54) is 29.1 Å². The number of halogens is 5. The lowest BCUT2D eigenvalue weighted by molar-refractivity contribution is -0.192. The topological polar surface area (TPSA) is 139 Å². The van der Waals surface area contributed by atoms with Gasteiger partial charge in [0.2, 0.25) is 5.91 Å². The van der Waals surface area contributed by atoms with Crippen LogP contribution in [0.4, 0.5) is 27.6 Å². The number of hydrogen-bond acceptors (Lipinski definition) is 5. The average molecular weight is 527 g/mol. The summed E-state index contributed by atoms with van der Waals surface area (Å²) in [6.45, 7) is 3.26. The lowest BCUT2D eigenvalue weighted by atomic mass is 9.82. The molecule has 2 aromatic carbocycles. The van der Waals surface area contributed by atoms with Crippen LogP contribution in [0.2, 0.25) is 0 Å². The highest BCUT2D eigenvalue weighted by atomic mass is 19.4. The van der Waals surface area contributed by atoms with Gasteiger partial charge in [-0.15, -0.1) is 0 Å². The van der Waals surface area contributed by atoms with E-state index in [0.717, 1.165) is 25.5 Å². The first-order chi connectivity index (χ1) is 17.2. The summed E-state index contributed by atoms with van der Waals surface area (Å²) in [7, 11) is 0. The summed E-state index contributed by atoms with van der Waals surface area (Å²) in [5, 5.41) is 17.6. The minimum Gasteiger partial charge on any atom is -0.475 e. The van der Waals surface area contributed by atoms with Crippen LogP contribution in [0.15, 0.2) is 36.5 Å². The molecule has 2 amide bonds. The van der Waals surface area contributed by atoms with Crippen LogP contribution in [-0.2, 0) is 9.59 Å². The molecule has 0 radical (unpaired) electrons. The molecule has 3 aromatic rings. The number of carbonyl (C=O) groups is 3. The second-order valence-corrected chi connectivity index (χ2v) is 8.59. The van der Waals surface area contributed by atoms with Crippen LogP contribution >= 0.6 is 0 Å². The van der Waals surface area contributed by atoms with Crippen LogP contribution in [-0.4, -0.2) is 51.9 Å². The average Bonchev–Trinajstić information content (AvgIpc) is 3.23. The van der Waals surface area contributed by atoms with Crippen LogP contribution in [0.5, 0.6) is 0 Å². The van der Waals surface area contributed by atoms with Crippen molar-refractivity contribution < 1.29 is 41.4 Å². The Hall–Kier alpha value is -4.07. The maximum absolute atomic E-state index is 14.7. The van der Waals surface area contributed by atoms with E-state index in [4.69, 9.17) is 15.6 Å². The molecule has 0 saturated carbocycles. The Morgan fingerprint density at radius 2 is 1.86 bits per heavy atom. The smallest absolute Gasteiger partial charge is 0.475 e. The van der Waals surface area contributed by atoms with Gasteiger partial charge in [-0.25, -0.2) is 18.3 Å². The van der Waals surface area contributed by atoms with Crippen molar-refractivity contribution in [1.82, 2.24) is 15.1 Å². The molecule has 1 atom stereocenters. The van der Waals surface area contributed by atoms with Gasteiger partial charge in [0.15, 0.2) is 0 Å². The minimum absolute atomic E-state index is 0.0533. The summed E-state index contributed by atoms with van der Waals surface area (Å²) < 4.78 is 61.5. The summed E-state index contributed by atoms with van der Waals surface area (Å²) in [6, 6.07) is 6.47. The van der Waals surface area contributed by atoms with Gasteiger partial charge >= 0.3 is 12.1 Å². The highest BCUT2D eigenvalue weighted by Gasteiger charge is 2.38. The summed E-state index contributed by atoms with van der Waals surface area (Å²) in [5.74, 6) is -5.06. The van der Waals surface area contributed by atoms with Gasteiger partial charge in [-0.2, -0.15) is 18.3 Å². The number of carboxylic acids is 1. The molecule has 1 aromatic heterocycles. The third-order valence-electron chi connectivity index (χ3n) is 5.69. The molecule has 37 heavy (non-hydrogen) atoms. The number of fused-ring (bicyclic) bond motifs is 1. The molecule has 198 valence electrons. The van der Waals surface area contributed by atoms with Crippen molar-refractivity contribution in [3.63, 3.8) is 0 Å². The largest absolute Gasteiger partial charge is 0.490 e. The Morgan fingerprint density at radius 1 is 1.19 bits per heavy atom. The Balaban J connectivity index is 0.000000479. The van der Waals surface area contributed by atoms with Crippen molar-refractivity contribution in [3.8, 4) is 5.69 Å². The van der Waals surface area contributed by atoms with E-state index < -0.39 is 35.1 Å². The monoisotopic (exact) mass is 527 g/mol. The van der Waals surface area contributed by atoms with Crippen molar-refractivity contribution in [2.75, 3.05) is 18.4 Å². The highest BCUT2D eigenvalue weighted by Crippen LogP contribution is 2.29. The zero-order valence-corrected chi connectivity index (χ0v) is 19.3. The summed E-state index contributed by atoms with van der Waals surface area (Å²) in [6.07, 6.45) is -2.00. The molecule has 0 bridgehead atoms. The Labute approximate surface area is 206 Å². The first kappa shape index (κ1) is 27.5. The molecule has 1 aliphatic rings. The van der Waals surface area contributed by atoms with Crippen molar-refractivity contribution in [2.24, 2.45) is 11.1 Å². The molecule has 0 aliphatic carbocycles. The van der Waals surface area contributed by atoms with Gasteiger partial charge in [-0.3, -0.25) is 9.59 Å². The van der Waals surface area contributed by atoms with Crippen molar-refractivity contribution in [2.45, 2.75) is 25.9 Å². The van der Waals surface area contributed by atoms with Crippen molar-refractivity contribution in [3.05, 3.63) is 53.7 Å². The van der Waals surface area contributed by atoms with E-state index in [2.05, 4.69) is 15.7 Å². The van der Waals surface area contributed by atoms with Gasteiger partial charge in [-0.1, -0.05) is 0 Å². The molecular formula is C23H22F5N5O4. The number of alkyl halides is 3. The second kappa shape index (κ2) is 10.5. The molecule has 9 nitrogen and oxygen atoms in total. The van der Waals surface area contributed by atoms with Crippen LogP contribution < -0.4 is 16.4 Å². The van der Waals surface area contributed by atoms with Crippen LogP contribution in [0, 0.1) is 17.0 Å². The van der Waals surface area contributed by atoms with E-state index >= 15 is 0 Å². The molecular weight excluding hydrogens is 505 g/mol. The first-order valence-electron chi connectivity index (χ1n) is 10.8. The molecule has 5 N–H and O–H groups in total. The van der Waals surface area contributed by atoms with E-state index in [0.29, 0.717) is 17.6 Å². The van der Waals surface area contributed by atoms with Crippen LogP contribution in [0.3, 0.4) is 0 Å². The fourth-order valence-electron chi connectivity index (χ4n) is 3.69. The Bertz CT molecular complexity index is 1350. The van der Waals surface area contributed by atoms with E-state index in [1.54, 1.807) is 6.07 Å². The number of benzene rings is 2. The van der Waals surface area contributed by atoms with E-state index in [-0.39, 0.29) is 22.7 Å². The number of rotatable bonds is 4. The molecule has 2 heterocycles. The number of aromatic nitrogens is 2. The summed E-state index contributed by atoms with van der Waals surface area (Å²) in [5.41, 5.74) is 5.29. The predicted octanol–water partition coefficient (Wildman–Crippen LogP) is 3.36. The number of piperidine rings is 1. The van der Waals surface area contributed by atoms with Gasteiger partial charge in [0.05, 0.1) is 22.4 Å². The number of hydrogen-bond donors (Lipinski definition) is 4. The number of anilines is 1. The lowest BCUT2D eigenvalue weighted by Gasteiger charge is -2.32. The number of nitrogens with zero attached hydrogens (tertiary/aromatic N) is 2. The minimum atomic E-state index is -5.08. The predicted molar refractivity (Wildman–Crippen MR) is 122 cm³/mol. The van der Waals surface area contributed by atoms with Gasteiger partial charge < -0.3 is 21.5 Å². The number of aliphatic carboxylic acids is 1. The molecule has 1 saturated heterocycles. The zero-order chi connectivity index (χ0) is 27.5. The fraction of sp³-hybridized carbons (Fsp3) is 0.304. The van der Waals surface area contributed by atoms with Gasteiger partial charge in [0.1, 0.15) is 17.2 Å². The van der Waals surface area contributed by atoms with Crippen LogP contribution in [0.1, 0.15) is 30.1 Å². The Kier molecular flexibility index (Phi) is 7.81. The standard InChI is InChI=1S/C21H21F2N5O2.C2HF3O2/c1-21(5-2-6-25-11-21)20(30)26-17-4-3-14(9-16(17)23)28-10-12-7-13(22)8-15(19(24)29)18(12)27-28;3-2(4,5)1(6)7/h3-4,7-10,25H,2,5-6,11H2,1H3,(H2,24,29)(H,26,30);(H,6,7)/t21-;/m1./s1. The van der Waals surface area contributed by atoms with Crippen molar-refractivity contribution in [1.29, 1.82) is 0 Å². The number of carbonyl (C=O) groups excluding carboxylic acids is 2. The summed E-state index contributed by atoms with van der Waals surface area (Å²) >= 11 is 0. The molecule has 0 spiro atoms. The molecule has 1 aliphatic heterocycles. The third kappa shape index (κ3) is 6.39. The second-order valence-electron chi connectivity index (χ2n) is 8.59. The Morgan fingerprint density at radius 3 is 2.41 bits per heavy atom. The van der Waals surface area contributed by atoms with Gasteiger partial charge in [-0.05, 0) is 50.6 Å². The quantitative estimate of drug-likeness (QED) is 0.384. The normalized spacial score (nSPS) is 17.6. The van der Waals surface area contributed by atoms with Gasteiger partial charge in [0, 0.05) is 24.2 Å². The highest BCUT2D eigenvalue weighted by molar-refractivity contribution is 6.04. The molecule has 4 rings (SSSR count). The number of primary amides is 1. The first-order valence-corrected chi connectivity index (χ1v) is 10.8. The number of nitrogens with two attached hydrogens (primary N) is 1. The number of carboxylic acid groups (broad SMARTS) is 1. The molecule has 14 heteroatoms. The number of nitrogens with one attached hydrogen (secondary N) is 2. The SMILES string of the molecule is C[C@@]1(C(=O)Nc2ccc(-n3cc4cc(F)cc(C(N)=O)c4n3)cc2F)CCCNC1.O=C(O)C(F)(F)F. The van der Waals surface area contributed by atoms with Gasteiger partial charge in [0.25, 0.3) is 5.91 Å². The molecule has 1 fully saturated rings. The van der Waals surface area contributed by atoms with Crippen molar-refractivity contribution >= 4 is 34.4 Å². The fourth-order valence-corrected chi connectivity index (χ4v) is 3.69. The molecule has 0 unspecified atom stereocenters. The van der Waals surface area contributed by atoms with Crippen LogP contribution in [0.25, 0.3) is 16.6 Å². The maximum atomic E-state index is 14.7.